The maximum absolute atomic E-state index is 13.1. The molecular formula is C15H25FN4O. The van der Waals surface area contributed by atoms with E-state index < -0.39 is 0 Å². The van der Waals surface area contributed by atoms with Crippen LogP contribution in [0.2, 0.25) is 0 Å². The topological polar surface area (TPSA) is 38.8 Å². The molecule has 1 aromatic rings. The van der Waals surface area contributed by atoms with Crippen LogP contribution in [0.5, 0.6) is 0 Å². The van der Waals surface area contributed by atoms with Crippen molar-refractivity contribution < 1.29 is 9.18 Å². The van der Waals surface area contributed by atoms with E-state index in [4.69, 9.17) is 0 Å². The molecule has 0 fully saturated rings. The molecule has 0 saturated heterocycles. The van der Waals surface area contributed by atoms with Crippen LogP contribution in [0, 0.1) is 5.82 Å². The molecule has 1 N–H and O–H groups in total. The first kappa shape index (κ1) is 17.4. The zero-order chi connectivity index (χ0) is 15.8. The number of urea groups is 1. The van der Waals surface area contributed by atoms with E-state index in [9.17, 15) is 9.18 Å². The Balaban J connectivity index is 2.64. The fourth-order valence-electron chi connectivity index (χ4n) is 1.73. The number of nitrogens with one attached hydrogen (secondary N) is 1. The second-order valence-electron chi connectivity index (χ2n) is 5.53. The minimum Gasteiger partial charge on any atom is -0.322 e. The summed E-state index contributed by atoms with van der Waals surface area (Å²) in [6.45, 7) is 2.82. The van der Waals surface area contributed by atoms with E-state index in [-0.39, 0.29) is 11.8 Å². The highest BCUT2D eigenvalue weighted by Crippen LogP contribution is 2.10. The largest absolute Gasteiger partial charge is 0.322 e. The van der Waals surface area contributed by atoms with Gasteiger partial charge in [-0.3, -0.25) is 0 Å². The molecule has 5 nitrogen and oxygen atoms in total. The second-order valence-corrected chi connectivity index (χ2v) is 5.53. The molecule has 0 aliphatic rings. The first-order valence-corrected chi connectivity index (χ1v) is 6.99. The highest BCUT2D eigenvalue weighted by Gasteiger charge is 2.14. The molecule has 0 aromatic heterocycles. The van der Waals surface area contributed by atoms with Gasteiger partial charge in [-0.05, 0) is 46.4 Å². The summed E-state index contributed by atoms with van der Waals surface area (Å²) in [5.41, 5.74) is 0.472. The van der Waals surface area contributed by atoms with E-state index in [2.05, 4.69) is 5.32 Å². The van der Waals surface area contributed by atoms with Crippen molar-refractivity contribution in [2.75, 3.05) is 59.7 Å². The van der Waals surface area contributed by atoms with E-state index in [1.807, 2.05) is 38.0 Å². The van der Waals surface area contributed by atoms with Crippen LogP contribution in [-0.2, 0) is 0 Å². The lowest BCUT2D eigenvalue weighted by atomic mass is 10.3. The molecule has 0 atom stereocenters. The number of halogens is 1. The van der Waals surface area contributed by atoms with Gasteiger partial charge in [0, 0.05) is 31.9 Å². The summed E-state index contributed by atoms with van der Waals surface area (Å²) in [6, 6.07) is 5.72. The van der Waals surface area contributed by atoms with Gasteiger partial charge in [-0.25, -0.2) is 9.18 Å². The molecular weight excluding hydrogens is 271 g/mol. The minimum absolute atomic E-state index is 0.204. The van der Waals surface area contributed by atoms with Crippen LogP contribution in [0.4, 0.5) is 14.9 Å². The lowest BCUT2D eigenvalue weighted by Gasteiger charge is -2.26. The van der Waals surface area contributed by atoms with Crippen LogP contribution in [0.3, 0.4) is 0 Å². The SMILES string of the molecule is CN(C)CCN(CCN(C)C)C(=O)Nc1cccc(F)c1. The first-order chi connectivity index (χ1) is 9.88. The Hall–Kier alpha value is -1.66. The smallest absolute Gasteiger partial charge is 0.321 e. The van der Waals surface area contributed by atoms with Crippen molar-refractivity contribution in [3.8, 4) is 0 Å². The molecule has 0 radical (unpaired) electrons. The van der Waals surface area contributed by atoms with Gasteiger partial charge in [-0.1, -0.05) is 6.07 Å². The minimum atomic E-state index is -0.360. The van der Waals surface area contributed by atoms with Gasteiger partial charge in [0.2, 0.25) is 0 Å². The van der Waals surface area contributed by atoms with Crippen molar-refractivity contribution in [3.63, 3.8) is 0 Å². The van der Waals surface area contributed by atoms with Crippen LogP contribution >= 0.6 is 0 Å². The van der Waals surface area contributed by atoms with Crippen LogP contribution < -0.4 is 5.32 Å². The van der Waals surface area contributed by atoms with E-state index in [1.54, 1.807) is 17.0 Å². The first-order valence-electron chi connectivity index (χ1n) is 6.99. The maximum Gasteiger partial charge on any atom is 0.321 e. The van der Waals surface area contributed by atoms with Gasteiger partial charge in [0.25, 0.3) is 0 Å². The monoisotopic (exact) mass is 296 g/mol. The molecule has 0 unspecified atom stereocenters. The number of likely N-dealkylation sites (N-methyl/N-ethyl adjacent to an activating group) is 2. The lowest BCUT2D eigenvalue weighted by Crippen LogP contribution is -2.42. The summed E-state index contributed by atoms with van der Waals surface area (Å²) < 4.78 is 13.1. The zero-order valence-corrected chi connectivity index (χ0v) is 13.3. The molecule has 0 spiro atoms. The van der Waals surface area contributed by atoms with Gasteiger partial charge < -0.3 is 20.0 Å². The van der Waals surface area contributed by atoms with Gasteiger partial charge in [-0.15, -0.1) is 0 Å². The number of rotatable bonds is 7. The number of hydrogen-bond donors (Lipinski definition) is 1. The summed E-state index contributed by atoms with van der Waals surface area (Å²) in [4.78, 5) is 18.1. The summed E-state index contributed by atoms with van der Waals surface area (Å²) in [5, 5.41) is 2.74. The highest BCUT2D eigenvalue weighted by molar-refractivity contribution is 5.89. The maximum atomic E-state index is 13.1. The fourth-order valence-corrected chi connectivity index (χ4v) is 1.73. The van der Waals surface area contributed by atoms with Gasteiger partial charge in [0.1, 0.15) is 5.82 Å². The Kier molecular flexibility index (Phi) is 7.11. The Labute approximate surface area is 126 Å². The average molecular weight is 296 g/mol. The van der Waals surface area contributed by atoms with Gasteiger partial charge in [-0.2, -0.15) is 0 Å². The third kappa shape index (κ3) is 7.06. The van der Waals surface area contributed by atoms with Crippen molar-refractivity contribution >= 4 is 11.7 Å². The van der Waals surface area contributed by atoms with Crippen LogP contribution in [0.15, 0.2) is 24.3 Å². The van der Waals surface area contributed by atoms with E-state index in [0.29, 0.717) is 18.8 Å². The molecule has 0 saturated carbocycles. The van der Waals surface area contributed by atoms with E-state index in [0.717, 1.165) is 13.1 Å². The molecule has 1 aromatic carbocycles. The normalized spacial score (nSPS) is 11.0. The summed E-state index contributed by atoms with van der Waals surface area (Å²) in [5.74, 6) is -0.360. The Bertz CT molecular complexity index is 439. The van der Waals surface area contributed by atoms with Gasteiger partial charge in [0.15, 0.2) is 0 Å². The molecule has 2 amide bonds. The second kappa shape index (κ2) is 8.59. The van der Waals surface area contributed by atoms with Gasteiger partial charge in [0.05, 0.1) is 0 Å². The number of benzene rings is 1. The number of anilines is 1. The van der Waals surface area contributed by atoms with Gasteiger partial charge >= 0.3 is 6.03 Å². The number of nitrogens with zero attached hydrogens (tertiary/aromatic N) is 3. The highest BCUT2D eigenvalue weighted by atomic mass is 19.1. The predicted molar refractivity (Wildman–Crippen MR) is 84.1 cm³/mol. The Morgan fingerprint density at radius 3 is 2.10 bits per heavy atom. The van der Waals surface area contributed by atoms with Crippen LogP contribution in [-0.4, -0.2) is 75.1 Å². The third-order valence-electron chi connectivity index (χ3n) is 3.00. The van der Waals surface area contributed by atoms with Crippen molar-refractivity contribution in [3.05, 3.63) is 30.1 Å². The molecule has 0 aliphatic heterocycles. The lowest BCUT2D eigenvalue weighted by molar-refractivity contribution is 0.198. The van der Waals surface area contributed by atoms with Crippen molar-refractivity contribution in [1.82, 2.24) is 14.7 Å². The summed E-state index contributed by atoms with van der Waals surface area (Å²) in [6.07, 6.45) is 0. The number of hydrogen-bond acceptors (Lipinski definition) is 3. The molecule has 21 heavy (non-hydrogen) atoms. The standard InChI is InChI=1S/C15H25FN4O/c1-18(2)8-10-20(11-9-19(3)4)15(21)17-14-7-5-6-13(16)12-14/h5-7,12H,8-11H2,1-4H3,(H,17,21). The van der Waals surface area contributed by atoms with E-state index in [1.165, 1.54) is 12.1 Å². The third-order valence-corrected chi connectivity index (χ3v) is 3.00. The molecule has 0 heterocycles. The quantitative estimate of drug-likeness (QED) is 0.833. The molecule has 1 rings (SSSR count). The van der Waals surface area contributed by atoms with Crippen molar-refractivity contribution in [2.24, 2.45) is 0 Å². The van der Waals surface area contributed by atoms with Crippen LogP contribution in [0.1, 0.15) is 0 Å². The average Bonchev–Trinajstić information content (AvgIpc) is 2.37. The van der Waals surface area contributed by atoms with Crippen molar-refractivity contribution in [1.29, 1.82) is 0 Å². The molecule has 118 valence electrons. The molecule has 0 aliphatic carbocycles. The number of amides is 2. The zero-order valence-electron chi connectivity index (χ0n) is 13.3. The number of carbonyl (C=O) groups is 1. The van der Waals surface area contributed by atoms with Crippen LogP contribution in [0.25, 0.3) is 0 Å². The fraction of sp³-hybridized carbons (Fsp3) is 0.533. The molecule has 0 bridgehead atoms. The number of carbonyl (C=O) groups excluding carboxylic acids is 1. The predicted octanol–water partition coefficient (Wildman–Crippen LogP) is 1.78. The summed E-state index contributed by atoms with van der Waals surface area (Å²) >= 11 is 0. The Morgan fingerprint density at radius 1 is 1.05 bits per heavy atom. The van der Waals surface area contributed by atoms with E-state index >= 15 is 0 Å². The summed E-state index contributed by atoms with van der Waals surface area (Å²) in [7, 11) is 7.87. The van der Waals surface area contributed by atoms with Crippen molar-refractivity contribution in [2.45, 2.75) is 0 Å². The molecule has 6 heteroatoms. The Morgan fingerprint density at radius 2 is 1.62 bits per heavy atom.